The molecule has 1 aromatic heterocycles. The average Bonchev–Trinajstić information content (AvgIpc) is 3.38. The van der Waals surface area contributed by atoms with E-state index in [1.165, 1.54) is 35.6 Å². The van der Waals surface area contributed by atoms with Crippen molar-refractivity contribution < 1.29 is 32.3 Å². The van der Waals surface area contributed by atoms with E-state index in [9.17, 15) is 22.8 Å². The van der Waals surface area contributed by atoms with Crippen molar-refractivity contribution in [2.45, 2.75) is 37.6 Å². The third-order valence-electron chi connectivity index (χ3n) is 7.02. The number of morpholine rings is 1. The molecule has 4 rings (SSSR count). The largest absolute Gasteiger partial charge is 0.450 e. The molecule has 0 bridgehead atoms. The summed E-state index contributed by atoms with van der Waals surface area (Å²) in [6.07, 6.45) is -0.0769. The number of nitriles is 2. The fraction of sp³-hybridized carbons (Fsp3) is 0.464. The fourth-order valence-electron chi connectivity index (χ4n) is 4.82. The van der Waals surface area contributed by atoms with Crippen molar-refractivity contribution in [1.82, 2.24) is 14.1 Å². The smallest absolute Gasteiger partial charge is 0.410 e. The lowest BCUT2D eigenvalue weighted by Gasteiger charge is -2.29. The van der Waals surface area contributed by atoms with Crippen molar-refractivity contribution in [1.29, 1.82) is 10.5 Å². The minimum atomic E-state index is -4.00. The predicted octanol–water partition coefficient (Wildman–Crippen LogP) is 2.81. The number of anilines is 1. The second-order valence-electron chi connectivity index (χ2n) is 9.68. The van der Waals surface area contributed by atoms with Gasteiger partial charge < -0.3 is 24.6 Å². The van der Waals surface area contributed by atoms with Crippen LogP contribution < -0.4 is 5.32 Å². The highest BCUT2D eigenvalue weighted by Crippen LogP contribution is 2.38. The number of hydrogen-bond acceptors (Lipinski definition) is 10. The Labute approximate surface area is 254 Å². The summed E-state index contributed by atoms with van der Waals surface area (Å²) < 4.78 is 37.9. The van der Waals surface area contributed by atoms with Crippen molar-refractivity contribution >= 4 is 44.3 Å². The third-order valence-corrected chi connectivity index (χ3v) is 10.1. The van der Waals surface area contributed by atoms with Crippen LogP contribution in [0.1, 0.15) is 50.9 Å². The number of benzene rings is 1. The average molecular weight is 629 g/mol. The summed E-state index contributed by atoms with van der Waals surface area (Å²) >= 11 is 1.23. The number of nitrogens with one attached hydrogen (secondary N) is 1. The van der Waals surface area contributed by atoms with Crippen LogP contribution in [-0.2, 0) is 32.5 Å². The molecule has 0 radical (unpaired) electrons. The number of thiophene rings is 1. The van der Waals surface area contributed by atoms with Gasteiger partial charge in [0.2, 0.25) is 10.0 Å². The first-order chi connectivity index (χ1) is 20.7. The van der Waals surface area contributed by atoms with Crippen LogP contribution in [0.2, 0.25) is 0 Å². The monoisotopic (exact) mass is 628 g/mol. The van der Waals surface area contributed by atoms with Crippen molar-refractivity contribution in [3.8, 4) is 12.1 Å². The molecule has 2 aliphatic rings. The van der Waals surface area contributed by atoms with Crippen LogP contribution in [0.3, 0.4) is 0 Å². The van der Waals surface area contributed by atoms with Crippen LogP contribution in [0.15, 0.2) is 29.2 Å². The van der Waals surface area contributed by atoms with Gasteiger partial charge in [0, 0.05) is 56.0 Å². The number of amides is 3. The van der Waals surface area contributed by atoms with Crippen molar-refractivity contribution in [2.24, 2.45) is 0 Å². The molecular formula is C28H32N6O7S2. The van der Waals surface area contributed by atoms with E-state index in [1.807, 2.05) is 12.1 Å². The van der Waals surface area contributed by atoms with Gasteiger partial charge in [0.15, 0.2) is 0 Å². The van der Waals surface area contributed by atoms with Crippen molar-refractivity contribution in [3.05, 3.63) is 45.8 Å². The highest BCUT2D eigenvalue weighted by molar-refractivity contribution is 7.89. The lowest BCUT2D eigenvalue weighted by atomic mass is 10.0. The Balaban J connectivity index is 1.59. The molecule has 1 fully saturated rings. The van der Waals surface area contributed by atoms with E-state index in [-0.39, 0.29) is 55.4 Å². The Bertz CT molecular complexity index is 1520. The second kappa shape index (κ2) is 14.4. The van der Waals surface area contributed by atoms with Crippen LogP contribution in [0.5, 0.6) is 0 Å². The Kier molecular flexibility index (Phi) is 10.7. The second-order valence-corrected chi connectivity index (χ2v) is 12.7. The summed E-state index contributed by atoms with van der Waals surface area (Å²) in [6.45, 7) is 4.14. The fourth-order valence-corrected chi connectivity index (χ4v) is 7.51. The maximum Gasteiger partial charge on any atom is 0.410 e. The number of hydrogen-bond donors (Lipinski definition) is 1. The topological polar surface area (TPSA) is 173 Å². The Hall–Kier alpha value is -4.02. The summed E-state index contributed by atoms with van der Waals surface area (Å²) in [5.41, 5.74) is 1.35. The number of rotatable bonds is 10. The molecule has 0 unspecified atom stereocenters. The lowest BCUT2D eigenvalue weighted by Crippen LogP contribution is -2.41. The van der Waals surface area contributed by atoms with Gasteiger partial charge in [-0.3, -0.25) is 9.59 Å². The first kappa shape index (κ1) is 31.9. The zero-order valence-corrected chi connectivity index (χ0v) is 25.3. The quantitative estimate of drug-likeness (QED) is 0.415. The van der Waals surface area contributed by atoms with Gasteiger partial charge in [0.1, 0.15) is 5.00 Å². The van der Waals surface area contributed by atoms with Gasteiger partial charge >= 0.3 is 6.09 Å². The molecule has 43 heavy (non-hydrogen) atoms. The lowest BCUT2D eigenvalue weighted by molar-refractivity contribution is 0.0303. The molecular weight excluding hydrogens is 596 g/mol. The number of carbonyl (C=O) groups is 3. The van der Waals surface area contributed by atoms with Gasteiger partial charge in [0.25, 0.3) is 11.8 Å². The van der Waals surface area contributed by atoms with E-state index in [0.29, 0.717) is 49.8 Å². The van der Waals surface area contributed by atoms with E-state index in [2.05, 4.69) is 5.32 Å². The van der Waals surface area contributed by atoms with E-state index in [4.69, 9.17) is 20.0 Å². The maximum absolute atomic E-state index is 13.7. The molecule has 2 aromatic rings. The molecule has 1 saturated heterocycles. The number of ether oxygens (including phenoxy) is 2. The van der Waals surface area contributed by atoms with Gasteiger partial charge in [-0.2, -0.15) is 14.8 Å². The normalized spacial score (nSPS) is 14.9. The molecule has 0 saturated carbocycles. The number of carbonyl (C=O) groups excluding carboxylic acids is 3. The third kappa shape index (κ3) is 7.32. The Morgan fingerprint density at radius 2 is 1.70 bits per heavy atom. The van der Waals surface area contributed by atoms with Crippen LogP contribution in [-0.4, -0.2) is 93.0 Å². The zero-order chi connectivity index (χ0) is 31.0. The van der Waals surface area contributed by atoms with E-state index in [0.717, 1.165) is 14.7 Å². The van der Waals surface area contributed by atoms with Gasteiger partial charge in [-0.1, -0.05) is 0 Å². The minimum Gasteiger partial charge on any atom is -0.450 e. The summed E-state index contributed by atoms with van der Waals surface area (Å²) in [4.78, 5) is 43.3. The Morgan fingerprint density at radius 1 is 1.05 bits per heavy atom. The molecule has 1 aromatic carbocycles. The van der Waals surface area contributed by atoms with Crippen LogP contribution in [0.25, 0.3) is 0 Å². The summed E-state index contributed by atoms with van der Waals surface area (Å²) in [5.74, 6) is -0.761. The van der Waals surface area contributed by atoms with Gasteiger partial charge in [-0.15, -0.1) is 11.3 Å². The van der Waals surface area contributed by atoms with Gasteiger partial charge in [-0.05, 0) is 43.2 Å². The summed E-state index contributed by atoms with van der Waals surface area (Å²) in [5, 5.41) is 21.0. The zero-order valence-electron chi connectivity index (χ0n) is 23.7. The molecule has 15 heteroatoms. The maximum atomic E-state index is 13.7. The number of sulfonamides is 1. The highest BCUT2D eigenvalue weighted by atomic mass is 32.2. The van der Waals surface area contributed by atoms with Gasteiger partial charge in [0.05, 0.1) is 49.0 Å². The molecule has 3 heterocycles. The molecule has 0 aliphatic carbocycles. The van der Waals surface area contributed by atoms with Crippen LogP contribution in [0.4, 0.5) is 9.80 Å². The first-order valence-corrected chi connectivity index (χ1v) is 16.1. The van der Waals surface area contributed by atoms with Crippen LogP contribution in [0, 0.1) is 22.7 Å². The molecule has 228 valence electrons. The van der Waals surface area contributed by atoms with Crippen molar-refractivity contribution in [3.63, 3.8) is 0 Å². The minimum absolute atomic E-state index is 0.0288. The summed E-state index contributed by atoms with van der Waals surface area (Å²) in [6, 6.07) is 9.16. The van der Waals surface area contributed by atoms with E-state index < -0.39 is 22.0 Å². The molecule has 0 spiro atoms. The molecule has 0 atom stereocenters. The summed E-state index contributed by atoms with van der Waals surface area (Å²) in [7, 11) is -4.00. The molecule has 13 nitrogen and oxygen atoms in total. The molecule has 3 amide bonds. The Morgan fingerprint density at radius 3 is 2.30 bits per heavy atom. The van der Waals surface area contributed by atoms with Crippen molar-refractivity contribution in [2.75, 3.05) is 57.9 Å². The standard InChI is InChI=1S/C28H32N6O7S2/c1-2-41-28(37)33-14-9-22-23(19-33)42-26(24(22)27(36)32-15-17-40-18-16-32)31-25(35)20-5-7-21(8-6-20)43(38,39)34(12-3-10-29)13-4-11-30/h5-8H,2-4,9,12-19H2,1H3,(H,31,35). The number of fused-ring (bicyclic) bond motifs is 1. The first-order valence-electron chi connectivity index (χ1n) is 13.8. The highest BCUT2D eigenvalue weighted by Gasteiger charge is 2.33. The van der Waals surface area contributed by atoms with Gasteiger partial charge in [-0.25, -0.2) is 13.2 Å². The van der Waals surface area contributed by atoms with Crippen LogP contribution >= 0.6 is 11.3 Å². The predicted molar refractivity (Wildman–Crippen MR) is 156 cm³/mol. The van der Waals surface area contributed by atoms with E-state index in [1.54, 1.807) is 16.7 Å². The molecule has 2 aliphatic heterocycles. The SMILES string of the molecule is CCOC(=O)N1CCc2c(sc(NC(=O)c3ccc(S(=O)(=O)N(CCC#N)CCC#N)cc3)c2C(=O)N2CCOCC2)C1. The number of nitrogens with zero attached hydrogens (tertiary/aromatic N) is 5. The molecule has 1 N–H and O–H groups in total. The van der Waals surface area contributed by atoms with E-state index >= 15 is 0 Å².